The first kappa shape index (κ1) is 13.2. The third kappa shape index (κ3) is 5.47. The predicted octanol–water partition coefficient (Wildman–Crippen LogP) is 0.818. The Morgan fingerprint density at radius 3 is 2.08 bits per heavy atom. The molecule has 0 aliphatic heterocycles. The van der Waals surface area contributed by atoms with Crippen molar-refractivity contribution in [2.75, 3.05) is 0 Å². The summed E-state index contributed by atoms with van der Waals surface area (Å²) in [5, 5.41) is 0. The van der Waals surface area contributed by atoms with Gasteiger partial charge >= 0.3 is 37.4 Å². The van der Waals surface area contributed by atoms with Gasteiger partial charge in [-0.05, 0) is 19.1 Å². The molecule has 0 radical (unpaired) electrons. The van der Waals surface area contributed by atoms with Gasteiger partial charge in [0.15, 0.2) is 0 Å². The van der Waals surface area contributed by atoms with Crippen LogP contribution in [0.15, 0.2) is 24.3 Å². The summed E-state index contributed by atoms with van der Waals surface area (Å²) < 4.78 is 14.7. The van der Waals surface area contributed by atoms with Crippen molar-refractivity contribution in [3.8, 4) is 5.75 Å². The van der Waals surface area contributed by atoms with Gasteiger partial charge in [-0.1, -0.05) is 17.7 Å². The maximum atomic E-state index is 10.4. The molecule has 0 bridgehead atoms. The van der Waals surface area contributed by atoms with E-state index in [0.717, 1.165) is 5.56 Å². The summed E-state index contributed by atoms with van der Waals surface area (Å²) >= 11 is 0. The van der Waals surface area contributed by atoms with E-state index < -0.39 is 7.82 Å². The number of aryl methyl sites for hydroxylation is 1. The van der Waals surface area contributed by atoms with E-state index in [-0.39, 0.29) is 35.3 Å². The Bertz CT molecular complexity index is 305. The van der Waals surface area contributed by atoms with Crippen molar-refractivity contribution < 1.29 is 18.9 Å². The molecule has 0 aliphatic carbocycles. The molecule has 13 heavy (non-hydrogen) atoms. The average Bonchev–Trinajstić information content (AvgIpc) is 1.91. The van der Waals surface area contributed by atoms with Crippen LogP contribution >= 0.6 is 7.82 Å². The van der Waals surface area contributed by atoms with Crippen LogP contribution in [0.5, 0.6) is 5.75 Å². The van der Waals surface area contributed by atoms with Gasteiger partial charge in [-0.3, -0.25) is 9.79 Å². The summed E-state index contributed by atoms with van der Waals surface area (Å²) in [7, 11) is -4.40. The Morgan fingerprint density at radius 2 is 1.69 bits per heavy atom. The van der Waals surface area contributed by atoms with Crippen molar-refractivity contribution in [1.82, 2.24) is 0 Å². The number of rotatable bonds is 2. The Morgan fingerprint density at radius 1 is 1.23 bits per heavy atom. The molecule has 0 amide bonds. The standard InChI is InChI=1S/C7H9O4P.Na.H/c1-6-2-4-7(5-3-6)11-12(8,9)10;;/h2-5H,1H3,(H2,8,9,10);;. The fourth-order valence-corrected chi connectivity index (χ4v) is 1.13. The molecule has 0 aliphatic rings. The van der Waals surface area contributed by atoms with Crippen molar-refractivity contribution >= 4 is 37.4 Å². The van der Waals surface area contributed by atoms with Gasteiger partial charge in [-0.25, -0.2) is 4.57 Å². The van der Waals surface area contributed by atoms with E-state index >= 15 is 0 Å². The average molecular weight is 212 g/mol. The van der Waals surface area contributed by atoms with Gasteiger partial charge in [0.2, 0.25) is 0 Å². The molecule has 0 fully saturated rings. The zero-order valence-corrected chi connectivity index (χ0v) is 7.36. The van der Waals surface area contributed by atoms with Crippen LogP contribution in [0, 0.1) is 6.92 Å². The Kier molecular flexibility index (Phi) is 5.22. The summed E-state index contributed by atoms with van der Waals surface area (Å²) in [6, 6.07) is 6.44. The van der Waals surface area contributed by atoms with E-state index in [4.69, 9.17) is 9.79 Å². The maximum absolute atomic E-state index is 10.4. The van der Waals surface area contributed by atoms with Crippen LogP contribution in [0.25, 0.3) is 0 Å². The molecule has 0 saturated carbocycles. The van der Waals surface area contributed by atoms with E-state index in [0.29, 0.717) is 0 Å². The van der Waals surface area contributed by atoms with Gasteiger partial charge in [0, 0.05) is 0 Å². The van der Waals surface area contributed by atoms with Crippen LogP contribution in [-0.2, 0) is 4.57 Å². The SMILES string of the molecule is Cc1ccc(OP(=O)(O)O)cc1.[NaH]. The van der Waals surface area contributed by atoms with Gasteiger partial charge in [0.05, 0.1) is 0 Å². The first-order chi connectivity index (χ1) is 5.47. The summed E-state index contributed by atoms with van der Waals surface area (Å²) in [5.41, 5.74) is 1.01. The second kappa shape index (κ2) is 5.15. The Hall–Kier alpha value is 0.170. The van der Waals surface area contributed by atoms with Crippen LogP contribution in [-0.4, -0.2) is 39.3 Å². The van der Waals surface area contributed by atoms with E-state index in [9.17, 15) is 4.57 Å². The molecule has 0 aromatic heterocycles. The summed E-state index contributed by atoms with van der Waals surface area (Å²) in [4.78, 5) is 16.9. The van der Waals surface area contributed by atoms with E-state index in [2.05, 4.69) is 4.52 Å². The minimum absolute atomic E-state index is 0. The molecular weight excluding hydrogens is 202 g/mol. The van der Waals surface area contributed by atoms with Crippen molar-refractivity contribution in [3.63, 3.8) is 0 Å². The molecule has 0 heterocycles. The third-order valence-corrected chi connectivity index (χ3v) is 1.69. The monoisotopic (exact) mass is 212 g/mol. The number of phosphoric ester groups is 1. The van der Waals surface area contributed by atoms with E-state index in [1.54, 1.807) is 12.1 Å². The van der Waals surface area contributed by atoms with Crippen LogP contribution < -0.4 is 4.52 Å². The third-order valence-electron chi connectivity index (χ3n) is 1.25. The zero-order valence-electron chi connectivity index (χ0n) is 6.47. The first-order valence-electron chi connectivity index (χ1n) is 3.29. The normalized spacial score (nSPS) is 10.4. The van der Waals surface area contributed by atoms with Crippen molar-refractivity contribution in [2.24, 2.45) is 0 Å². The number of hydrogen-bond acceptors (Lipinski definition) is 2. The summed E-state index contributed by atoms with van der Waals surface area (Å²) in [6.07, 6.45) is 0. The number of phosphoric acid groups is 1. The quantitative estimate of drug-likeness (QED) is 0.562. The molecule has 6 heteroatoms. The van der Waals surface area contributed by atoms with Crippen molar-refractivity contribution in [1.29, 1.82) is 0 Å². The molecule has 1 rings (SSSR count). The molecule has 68 valence electrons. The summed E-state index contributed by atoms with van der Waals surface area (Å²) in [5.74, 6) is 0.175. The molecular formula is C7H10NaO4P. The van der Waals surface area contributed by atoms with Crippen LogP contribution in [0.1, 0.15) is 5.56 Å². The molecule has 0 spiro atoms. The molecule has 0 unspecified atom stereocenters. The van der Waals surface area contributed by atoms with Gasteiger partial charge in [0.1, 0.15) is 5.75 Å². The molecule has 1 aromatic rings. The van der Waals surface area contributed by atoms with E-state index in [1.807, 2.05) is 6.92 Å². The topological polar surface area (TPSA) is 66.8 Å². The van der Waals surface area contributed by atoms with Crippen molar-refractivity contribution in [3.05, 3.63) is 29.8 Å². The fourth-order valence-electron chi connectivity index (χ4n) is 0.736. The Labute approximate surface area is 98.5 Å². The molecule has 1 aromatic carbocycles. The molecule has 4 nitrogen and oxygen atoms in total. The van der Waals surface area contributed by atoms with E-state index in [1.165, 1.54) is 12.1 Å². The zero-order chi connectivity index (χ0) is 9.19. The van der Waals surface area contributed by atoms with Gasteiger partial charge in [0.25, 0.3) is 0 Å². The molecule has 2 N–H and O–H groups in total. The van der Waals surface area contributed by atoms with Crippen LogP contribution in [0.2, 0.25) is 0 Å². The van der Waals surface area contributed by atoms with Gasteiger partial charge < -0.3 is 4.52 Å². The Balaban J connectivity index is 0.00000144. The van der Waals surface area contributed by atoms with Gasteiger partial charge in [-0.2, -0.15) is 0 Å². The number of benzene rings is 1. The first-order valence-corrected chi connectivity index (χ1v) is 4.82. The van der Waals surface area contributed by atoms with Crippen LogP contribution in [0.4, 0.5) is 0 Å². The minimum atomic E-state index is -4.40. The number of hydrogen-bond donors (Lipinski definition) is 2. The van der Waals surface area contributed by atoms with Gasteiger partial charge in [-0.15, -0.1) is 0 Å². The fraction of sp³-hybridized carbons (Fsp3) is 0.143. The molecule has 0 atom stereocenters. The van der Waals surface area contributed by atoms with Crippen LogP contribution in [0.3, 0.4) is 0 Å². The predicted molar refractivity (Wildman–Crippen MR) is 51.0 cm³/mol. The second-order valence-corrected chi connectivity index (χ2v) is 3.56. The van der Waals surface area contributed by atoms with Crippen molar-refractivity contribution in [2.45, 2.75) is 6.92 Å². The summed E-state index contributed by atoms with van der Waals surface area (Å²) in [6.45, 7) is 1.88. The second-order valence-electron chi connectivity index (χ2n) is 2.39. The molecule has 0 saturated heterocycles.